The first-order valence-electron chi connectivity index (χ1n) is 6.45. The maximum absolute atomic E-state index is 4.40. The standard InChI is InChI=1S/C14H18BrN5/c1-10-18-13(17-8-7-16-2)9-14(19-10)20-12-6-4-3-5-11(12)15/h3-6,9,16H,7-8H2,1-2H3,(H2,17,18,19,20). The lowest BCUT2D eigenvalue weighted by Crippen LogP contribution is -2.18. The predicted octanol–water partition coefficient (Wildman–Crippen LogP) is 2.92. The summed E-state index contributed by atoms with van der Waals surface area (Å²) in [5, 5.41) is 9.64. The SMILES string of the molecule is CNCCNc1cc(Nc2ccccc2Br)nc(C)n1. The third-order valence-corrected chi connectivity index (χ3v) is 3.35. The van der Waals surface area contributed by atoms with Gasteiger partial charge in [-0.1, -0.05) is 12.1 Å². The lowest BCUT2D eigenvalue weighted by molar-refractivity contribution is 0.820. The Morgan fingerprint density at radius 2 is 1.85 bits per heavy atom. The van der Waals surface area contributed by atoms with Crippen molar-refractivity contribution >= 4 is 33.3 Å². The molecule has 0 fully saturated rings. The van der Waals surface area contributed by atoms with Gasteiger partial charge in [0.15, 0.2) is 0 Å². The van der Waals surface area contributed by atoms with Gasteiger partial charge >= 0.3 is 0 Å². The molecular weight excluding hydrogens is 318 g/mol. The Hall–Kier alpha value is -1.66. The highest BCUT2D eigenvalue weighted by molar-refractivity contribution is 9.10. The van der Waals surface area contributed by atoms with Gasteiger partial charge in [-0.2, -0.15) is 0 Å². The summed E-state index contributed by atoms with van der Waals surface area (Å²) in [5.41, 5.74) is 0.978. The topological polar surface area (TPSA) is 61.9 Å². The Morgan fingerprint density at radius 3 is 2.60 bits per heavy atom. The normalized spacial score (nSPS) is 10.3. The number of hydrogen-bond acceptors (Lipinski definition) is 5. The van der Waals surface area contributed by atoms with E-state index < -0.39 is 0 Å². The van der Waals surface area contributed by atoms with Crippen molar-refractivity contribution in [2.45, 2.75) is 6.92 Å². The molecule has 0 bridgehead atoms. The van der Waals surface area contributed by atoms with Crippen LogP contribution in [0.25, 0.3) is 0 Å². The average molecular weight is 336 g/mol. The van der Waals surface area contributed by atoms with E-state index in [1.54, 1.807) is 0 Å². The fourth-order valence-electron chi connectivity index (χ4n) is 1.74. The van der Waals surface area contributed by atoms with E-state index in [2.05, 4.69) is 41.8 Å². The molecule has 5 nitrogen and oxygen atoms in total. The van der Waals surface area contributed by atoms with Gasteiger partial charge in [-0.3, -0.25) is 0 Å². The van der Waals surface area contributed by atoms with Gasteiger partial charge in [0.25, 0.3) is 0 Å². The van der Waals surface area contributed by atoms with Crippen molar-refractivity contribution in [1.82, 2.24) is 15.3 Å². The molecule has 0 aliphatic heterocycles. The molecule has 0 saturated carbocycles. The number of likely N-dealkylation sites (N-methyl/N-ethyl adjacent to an activating group) is 1. The smallest absolute Gasteiger partial charge is 0.136 e. The third kappa shape index (κ3) is 4.18. The molecule has 20 heavy (non-hydrogen) atoms. The molecule has 0 amide bonds. The summed E-state index contributed by atoms with van der Waals surface area (Å²) in [6, 6.07) is 9.85. The molecule has 1 aromatic heterocycles. The van der Waals surface area contributed by atoms with E-state index in [-0.39, 0.29) is 0 Å². The van der Waals surface area contributed by atoms with Gasteiger partial charge in [0.05, 0.1) is 5.69 Å². The number of aromatic nitrogens is 2. The molecule has 106 valence electrons. The number of aryl methyl sites for hydroxylation is 1. The number of para-hydroxylation sites is 1. The molecule has 1 heterocycles. The van der Waals surface area contributed by atoms with Gasteiger partial charge in [-0.05, 0) is 42.0 Å². The quantitative estimate of drug-likeness (QED) is 0.708. The highest BCUT2D eigenvalue weighted by atomic mass is 79.9. The van der Waals surface area contributed by atoms with Crippen LogP contribution in [0, 0.1) is 6.92 Å². The number of benzene rings is 1. The number of hydrogen-bond donors (Lipinski definition) is 3. The number of anilines is 3. The van der Waals surface area contributed by atoms with Crippen LogP contribution in [-0.4, -0.2) is 30.1 Å². The lowest BCUT2D eigenvalue weighted by Gasteiger charge is -2.11. The largest absolute Gasteiger partial charge is 0.369 e. The second kappa shape index (κ2) is 7.21. The second-order valence-corrected chi connectivity index (χ2v) is 5.18. The van der Waals surface area contributed by atoms with Crippen molar-refractivity contribution in [3.8, 4) is 0 Å². The van der Waals surface area contributed by atoms with Crippen LogP contribution in [0.5, 0.6) is 0 Å². The minimum absolute atomic E-state index is 0.731. The zero-order valence-electron chi connectivity index (χ0n) is 11.6. The van der Waals surface area contributed by atoms with Crippen molar-refractivity contribution in [1.29, 1.82) is 0 Å². The summed E-state index contributed by atoms with van der Waals surface area (Å²) in [6.45, 7) is 3.59. The predicted molar refractivity (Wildman–Crippen MR) is 86.6 cm³/mol. The first kappa shape index (κ1) is 14.7. The van der Waals surface area contributed by atoms with Crippen molar-refractivity contribution in [3.63, 3.8) is 0 Å². The van der Waals surface area contributed by atoms with Gasteiger partial charge in [-0.25, -0.2) is 9.97 Å². The molecular formula is C14H18BrN5. The van der Waals surface area contributed by atoms with E-state index in [1.807, 2.05) is 44.3 Å². The molecule has 2 aromatic rings. The zero-order chi connectivity index (χ0) is 14.4. The van der Waals surface area contributed by atoms with E-state index >= 15 is 0 Å². The summed E-state index contributed by atoms with van der Waals surface area (Å²) in [7, 11) is 1.92. The monoisotopic (exact) mass is 335 g/mol. The summed E-state index contributed by atoms with van der Waals surface area (Å²) in [5.74, 6) is 2.33. The number of nitrogens with one attached hydrogen (secondary N) is 3. The van der Waals surface area contributed by atoms with Crippen LogP contribution >= 0.6 is 15.9 Å². The second-order valence-electron chi connectivity index (χ2n) is 4.32. The van der Waals surface area contributed by atoms with E-state index in [4.69, 9.17) is 0 Å². The first-order valence-corrected chi connectivity index (χ1v) is 7.24. The summed E-state index contributed by atoms with van der Waals surface area (Å²) >= 11 is 3.51. The molecule has 0 radical (unpaired) electrons. The van der Waals surface area contributed by atoms with Gasteiger partial charge in [0.1, 0.15) is 17.5 Å². The number of rotatable bonds is 6. The van der Waals surface area contributed by atoms with Crippen LogP contribution in [0.15, 0.2) is 34.8 Å². The highest BCUT2D eigenvalue weighted by Gasteiger charge is 2.04. The third-order valence-electron chi connectivity index (χ3n) is 2.66. The Labute approximate surface area is 127 Å². The Morgan fingerprint density at radius 1 is 1.10 bits per heavy atom. The maximum atomic E-state index is 4.40. The molecule has 2 rings (SSSR count). The van der Waals surface area contributed by atoms with E-state index in [1.165, 1.54) is 0 Å². The summed E-state index contributed by atoms with van der Waals surface area (Å²) in [6.07, 6.45) is 0. The van der Waals surface area contributed by atoms with Crippen LogP contribution in [0.2, 0.25) is 0 Å². The van der Waals surface area contributed by atoms with E-state index in [9.17, 15) is 0 Å². The minimum atomic E-state index is 0.731. The lowest BCUT2D eigenvalue weighted by atomic mass is 10.3. The number of halogens is 1. The Kier molecular flexibility index (Phi) is 5.31. The van der Waals surface area contributed by atoms with Crippen LogP contribution in [0.4, 0.5) is 17.3 Å². The van der Waals surface area contributed by atoms with Crippen molar-refractivity contribution in [2.24, 2.45) is 0 Å². The maximum Gasteiger partial charge on any atom is 0.136 e. The first-order chi connectivity index (χ1) is 9.69. The average Bonchev–Trinajstić information content (AvgIpc) is 2.41. The highest BCUT2D eigenvalue weighted by Crippen LogP contribution is 2.25. The van der Waals surface area contributed by atoms with E-state index in [0.717, 1.165) is 40.7 Å². The molecule has 1 aromatic carbocycles. The fourth-order valence-corrected chi connectivity index (χ4v) is 2.12. The van der Waals surface area contributed by atoms with Crippen molar-refractivity contribution in [3.05, 3.63) is 40.6 Å². The van der Waals surface area contributed by atoms with Crippen molar-refractivity contribution in [2.75, 3.05) is 30.8 Å². The molecule has 0 unspecified atom stereocenters. The van der Waals surface area contributed by atoms with Crippen LogP contribution in [0.1, 0.15) is 5.82 Å². The van der Waals surface area contributed by atoms with Gasteiger partial charge in [0, 0.05) is 23.6 Å². The molecule has 0 aliphatic carbocycles. The Balaban J connectivity index is 2.13. The molecule has 0 saturated heterocycles. The van der Waals surface area contributed by atoms with Crippen molar-refractivity contribution < 1.29 is 0 Å². The van der Waals surface area contributed by atoms with Gasteiger partial charge in [-0.15, -0.1) is 0 Å². The summed E-state index contributed by atoms with van der Waals surface area (Å²) < 4.78 is 1.00. The number of nitrogens with zero attached hydrogens (tertiary/aromatic N) is 2. The Bertz CT molecular complexity index is 573. The van der Waals surface area contributed by atoms with Gasteiger partial charge < -0.3 is 16.0 Å². The van der Waals surface area contributed by atoms with Crippen LogP contribution < -0.4 is 16.0 Å². The zero-order valence-corrected chi connectivity index (χ0v) is 13.2. The molecule has 6 heteroatoms. The fraction of sp³-hybridized carbons (Fsp3) is 0.286. The van der Waals surface area contributed by atoms with Crippen LogP contribution in [0.3, 0.4) is 0 Å². The molecule has 3 N–H and O–H groups in total. The summed E-state index contributed by atoms with van der Waals surface area (Å²) in [4.78, 5) is 8.77. The minimum Gasteiger partial charge on any atom is -0.369 e. The van der Waals surface area contributed by atoms with E-state index in [0.29, 0.717) is 0 Å². The molecule has 0 aliphatic rings. The molecule has 0 spiro atoms. The van der Waals surface area contributed by atoms with Gasteiger partial charge in [0.2, 0.25) is 0 Å². The van der Waals surface area contributed by atoms with Crippen LogP contribution in [-0.2, 0) is 0 Å². The molecule has 0 atom stereocenters.